The van der Waals surface area contributed by atoms with Gasteiger partial charge in [0.1, 0.15) is 5.01 Å². The molecule has 0 aliphatic rings. The number of rotatable bonds is 6. The minimum absolute atomic E-state index is 0.0146. The Bertz CT molecular complexity index is 659. The highest BCUT2D eigenvalue weighted by Crippen LogP contribution is 2.22. The fourth-order valence-electron chi connectivity index (χ4n) is 1.74. The van der Waals surface area contributed by atoms with E-state index >= 15 is 0 Å². The van der Waals surface area contributed by atoms with Crippen molar-refractivity contribution in [2.75, 3.05) is 13.1 Å². The highest BCUT2D eigenvalue weighted by atomic mass is 32.1. The molecule has 22 heavy (non-hydrogen) atoms. The van der Waals surface area contributed by atoms with Gasteiger partial charge in [-0.1, -0.05) is 26.0 Å². The van der Waals surface area contributed by atoms with Gasteiger partial charge >= 0.3 is 0 Å². The first kappa shape index (κ1) is 16.2. The summed E-state index contributed by atoms with van der Waals surface area (Å²) in [6.07, 6.45) is 3.16. The molecule has 2 aromatic rings. The van der Waals surface area contributed by atoms with Crippen molar-refractivity contribution >= 4 is 39.4 Å². The number of carbonyl (C=O) groups is 2. The van der Waals surface area contributed by atoms with Gasteiger partial charge in [-0.3, -0.25) is 9.59 Å². The van der Waals surface area contributed by atoms with E-state index in [2.05, 4.69) is 15.6 Å². The largest absolute Gasteiger partial charge is 0.354 e. The monoisotopic (exact) mass is 317 g/mol. The molecule has 0 radical (unpaired) electrons. The normalized spacial score (nSPS) is 11.2. The van der Waals surface area contributed by atoms with Gasteiger partial charge in [0.15, 0.2) is 0 Å². The summed E-state index contributed by atoms with van der Waals surface area (Å²) in [6, 6.07) is 7.85. The van der Waals surface area contributed by atoms with Crippen molar-refractivity contribution in [1.29, 1.82) is 0 Å². The summed E-state index contributed by atoms with van der Waals surface area (Å²) in [4.78, 5) is 27.4. The number of hydrogen-bond donors (Lipinski definition) is 2. The molecule has 0 aliphatic heterocycles. The van der Waals surface area contributed by atoms with Crippen LogP contribution in [-0.2, 0) is 9.59 Å². The first-order valence-corrected chi connectivity index (χ1v) is 7.97. The van der Waals surface area contributed by atoms with Crippen molar-refractivity contribution in [2.24, 2.45) is 5.92 Å². The minimum Gasteiger partial charge on any atom is -0.354 e. The van der Waals surface area contributed by atoms with Gasteiger partial charge < -0.3 is 10.6 Å². The van der Waals surface area contributed by atoms with E-state index in [0.29, 0.717) is 13.1 Å². The van der Waals surface area contributed by atoms with E-state index < -0.39 is 0 Å². The van der Waals surface area contributed by atoms with Crippen molar-refractivity contribution in [2.45, 2.75) is 13.8 Å². The van der Waals surface area contributed by atoms with Crippen molar-refractivity contribution in [3.63, 3.8) is 0 Å². The van der Waals surface area contributed by atoms with E-state index in [9.17, 15) is 9.59 Å². The Labute approximate surface area is 133 Å². The number of aromatic nitrogens is 1. The second-order valence-corrected chi connectivity index (χ2v) is 6.15. The summed E-state index contributed by atoms with van der Waals surface area (Å²) in [7, 11) is 0. The number of benzene rings is 1. The van der Waals surface area contributed by atoms with Gasteiger partial charge in [0.05, 0.1) is 10.2 Å². The van der Waals surface area contributed by atoms with Gasteiger partial charge in [0.2, 0.25) is 11.8 Å². The number of para-hydroxylation sites is 1. The van der Waals surface area contributed by atoms with Crippen molar-refractivity contribution < 1.29 is 9.59 Å². The summed E-state index contributed by atoms with van der Waals surface area (Å²) >= 11 is 1.54. The summed E-state index contributed by atoms with van der Waals surface area (Å²) < 4.78 is 1.10. The standard InChI is InChI=1S/C16H19N3O2S/c1-11(2)16(21)18-10-9-17-14(20)7-8-15-19-12-5-3-4-6-13(12)22-15/h3-8,11H,9-10H2,1-2H3,(H,17,20)(H,18,21). The Kier molecular flexibility index (Phi) is 5.66. The number of carbonyl (C=O) groups excluding carboxylic acids is 2. The van der Waals surface area contributed by atoms with E-state index in [1.54, 1.807) is 6.08 Å². The third kappa shape index (κ3) is 4.66. The third-order valence-corrected chi connectivity index (χ3v) is 3.94. The van der Waals surface area contributed by atoms with Crippen LogP contribution in [0.3, 0.4) is 0 Å². The van der Waals surface area contributed by atoms with E-state index in [0.717, 1.165) is 15.2 Å². The molecule has 0 fully saturated rings. The van der Waals surface area contributed by atoms with Crippen molar-refractivity contribution in [3.05, 3.63) is 35.3 Å². The highest BCUT2D eigenvalue weighted by molar-refractivity contribution is 7.19. The van der Waals surface area contributed by atoms with Crippen LogP contribution in [0.2, 0.25) is 0 Å². The number of amides is 2. The summed E-state index contributed by atoms with van der Waals surface area (Å²) in [5.74, 6) is -0.257. The van der Waals surface area contributed by atoms with E-state index in [1.165, 1.54) is 17.4 Å². The molecule has 1 aromatic carbocycles. The molecule has 0 saturated heterocycles. The molecule has 2 N–H and O–H groups in total. The molecule has 1 aromatic heterocycles. The minimum atomic E-state index is -0.196. The van der Waals surface area contributed by atoms with Crippen LogP contribution in [0.5, 0.6) is 0 Å². The number of fused-ring (bicyclic) bond motifs is 1. The van der Waals surface area contributed by atoms with Crippen LogP contribution in [-0.4, -0.2) is 29.9 Å². The van der Waals surface area contributed by atoms with Gasteiger partial charge in [-0.25, -0.2) is 4.98 Å². The maximum Gasteiger partial charge on any atom is 0.244 e. The van der Waals surface area contributed by atoms with Crippen LogP contribution in [0.15, 0.2) is 30.3 Å². The van der Waals surface area contributed by atoms with Gasteiger partial charge in [-0.05, 0) is 18.2 Å². The Morgan fingerprint density at radius 1 is 1.23 bits per heavy atom. The first-order chi connectivity index (χ1) is 10.6. The molecule has 0 bridgehead atoms. The lowest BCUT2D eigenvalue weighted by Gasteiger charge is -2.07. The highest BCUT2D eigenvalue weighted by Gasteiger charge is 2.05. The molecule has 116 valence electrons. The Hall–Kier alpha value is -2.21. The lowest BCUT2D eigenvalue weighted by Crippen LogP contribution is -2.35. The smallest absolute Gasteiger partial charge is 0.244 e. The summed E-state index contributed by atoms with van der Waals surface area (Å²) in [6.45, 7) is 4.49. The fraction of sp³-hybridized carbons (Fsp3) is 0.312. The zero-order valence-electron chi connectivity index (χ0n) is 12.6. The summed E-state index contributed by atoms with van der Waals surface area (Å²) in [5.41, 5.74) is 0.934. The lowest BCUT2D eigenvalue weighted by molar-refractivity contribution is -0.124. The zero-order chi connectivity index (χ0) is 15.9. The topological polar surface area (TPSA) is 71.1 Å². The average Bonchev–Trinajstić information content (AvgIpc) is 2.92. The van der Waals surface area contributed by atoms with E-state index in [4.69, 9.17) is 0 Å². The molecule has 0 spiro atoms. The molecule has 6 heteroatoms. The molecular weight excluding hydrogens is 298 g/mol. The van der Waals surface area contributed by atoms with Gasteiger partial charge in [-0.2, -0.15) is 0 Å². The van der Waals surface area contributed by atoms with Crippen LogP contribution < -0.4 is 10.6 Å². The Balaban J connectivity index is 1.78. The lowest BCUT2D eigenvalue weighted by atomic mass is 10.2. The van der Waals surface area contributed by atoms with Crippen molar-refractivity contribution in [1.82, 2.24) is 15.6 Å². The van der Waals surface area contributed by atoms with Crippen LogP contribution in [0.25, 0.3) is 16.3 Å². The molecule has 2 amide bonds. The Morgan fingerprint density at radius 2 is 1.95 bits per heavy atom. The average molecular weight is 317 g/mol. The van der Waals surface area contributed by atoms with Crippen molar-refractivity contribution in [3.8, 4) is 0 Å². The predicted molar refractivity (Wildman–Crippen MR) is 89.5 cm³/mol. The zero-order valence-corrected chi connectivity index (χ0v) is 13.4. The Morgan fingerprint density at radius 3 is 2.68 bits per heavy atom. The molecule has 0 aliphatic carbocycles. The fourth-order valence-corrected chi connectivity index (χ4v) is 2.61. The maximum absolute atomic E-state index is 11.7. The molecular formula is C16H19N3O2S. The van der Waals surface area contributed by atoms with E-state index in [-0.39, 0.29) is 17.7 Å². The SMILES string of the molecule is CC(C)C(=O)NCCNC(=O)C=Cc1nc2ccccc2s1. The van der Waals surface area contributed by atoms with Gasteiger partial charge in [0.25, 0.3) is 0 Å². The number of hydrogen-bond acceptors (Lipinski definition) is 4. The third-order valence-electron chi connectivity index (χ3n) is 2.94. The quantitative estimate of drug-likeness (QED) is 0.634. The molecule has 0 atom stereocenters. The van der Waals surface area contributed by atoms with Crippen LogP contribution in [0, 0.1) is 5.92 Å². The number of nitrogens with zero attached hydrogens (tertiary/aromatic N) is 1. The van der Waals surface area contributed by atoms with Crippen LogP contribution >= 0.6 is 11.3 Å². The molecule has 1 heterocycles. The predicted octanol–water partition coefficient (Wildman–Crippen LogP) is 2.20. The molecule has 0 unspecified atom stereocenters. The second kappa shape index (κ2) is 7.70. The molecule has 2 rings (SSSR count). The first-order valence-electron chi connectivity index (χ1n) is 7.15. The molecule has 0 saturated carbocycles. The second-order valence-electron chi connectivity index (χ2n) is 5.09. The summed E-state index contributed by atoms with van der Waals surface area (Å²) in [5, 5.41) is 6.25. The van der Waals surface area contributed by atoms with Crippen LogP contribution in [0.1, 0.15) is 18.9 Å². The number of thiazole rings is 1. The molecule has 5 nitrogen and oxygen atoms in total. The van der Waals surface area contributed by atoms with Crippen LogP contribution in [0.4, 0.5) is 0 Å². The van der Waals surface area contributed by atoms with E-state index in [1.807, 2.05) is 38.1 Å². The van der Waals surface area contributed by atoms with Gasteiger partial charge in [-0.15, -0.1) is 11.3 Å². The maximum atomic E-state index is 11.7. The number of nitrogens with one attached hydrogen (secondary N) is 2. The van der Waals surface area contributed by atoms with Gasteiger partial charge in [0, 0.05) is 25.1 Å².